The summed E-state index contributed by atoms with van der Waals surface area (Å²) in [6, 6.07) is 7.62. The van der Waals surface area contributed by atoms with Gasteiger partial charge in [-0.25, -0.2) is 16.0 Å². The minimum Gasteiger partial charge on any atom is -0.442 e. The van der Waals surface area contributed by atoms with Gasteiger partial charge in [0.1, 0.15) is 12.4 Å². The maximum Gasteiger partial charge on any atom is 0.414 e. The van der Waals surface area contributed by atoms with E-state index in [-0.39, 0.29) is 17.7 Å². The highest BCUT2D eigenvalue weighted by molar-refractivity contribution is 5.89. The molecule has 2 fully saturated rings. The molecule has 0 radical (unpaired) electrons. The van der Waals surface area contributed by atoms with E-state index in [9.17, 15) is 4.79 Å². The van der Waals surface area contributed by atoms with Crippen LogP contribution in [0.15, 0.2) is 30.6 Å². The van der Waals surface area contributed by atoms with Crippen molar-refractivity contribution >= 4 is 11.8 Å². The Balaban J connectivity index is 1.48. The molecule has 1 saturated carbocycles. The van der Waals surface area contributed by atoms with Gasteiger partial charge >= 0.3 is 6.09 Å². The first-order valence-corrected chi connectivity index (χ1v) is 7.38. The lowest BCUT2D eigenvalue weighted by Crippen LogP contribution is -2.26. The lowest BCUT2D eigenvalue weighted by Gasteiger charge is -2.13. The molecular formula is C15H14N6O2. The number of tetrazole rings is 1. The second-order valence-corrected chi connectivity index (χ2v) is 5.84. The van der Waals surface area contributed by atoms with E-state index in [2.05, 4.69) is 20.4 Å². The predicted octanol–water partition coefficient (Wildman–Crippen LogP) is 1.61. The summed E-state index contributed by atoms with van der Waals surface area (Å²) < 4.78 is 6.89. The fourth-order valence-electron chi connectivity index (χ4n) is 2.84. The van der Waals surface area contributed by atoms with Gasteiger partial charge in [-0.05, 0) is 34.7 Å². The summed E-state index contributed by atoms with van der Waals surface area (Å²) in [5.41, 5.74) is 1.47. The van der Waals surface area contributed by atoms with E-state index in [1.54, 1.807) is 4.90 Å². The normalized spacial score (nSPS) is 21.8. The quantitative estimate of drug-likeness (QED) is 0.802. The maximum absolute atomic E-state index is 12.1. The Morgan fingerprint density at radius 2 is 2.13 bits per heavy atom. The zero-order valence-corrected chi connectivity index (χ0v) is 12.3. The van der Waals surface area contributed by atoms with Crippen molar-refractivity contribution < 1.29 is 9.53 Å². The highest BCUT2D eigenvalue weighted by atomic mass is 16.6. The average molecular weight is 310 g/mol. The van der Waals surface area contributed by atoms with Crippen molar-refractivity contribution in [3.8, 4) is 0 Å². The fourth-order valence-corrected chi connectivity index (χ4v) is 2.84. The highest BCUT2D eigenvalue weighted by Crippen LogP contribution is 2.49. The molecule has 1 saturated heterocycles. The van der Waals surface area contributed by atoms with Crippen LogP contribution in [0.3, 0.4) is 0 Å². The summed E-state index contributed by atoms with van der Waals surface area (Å²) in [4.78, 5) is 17.4. The Morgan fingerprint density at radius 3 is 2.74 bits per heavy atom. The minimum absolute atomic E-state index is 0.288. The van der Waals surface area contributed by atoms with Gasteiger partial charge in [0.25, 0.3) is 5.54 Å². The largest absolute Gasteiger partial charge is 0.442 e. The van der Waals surface area contributed by atoms with Crippen molar-refractivity contribution in [1.82, 2.24) is 20.2 Å². The number of cyclic esters (lactones) is 1. The zero-order chi connectivity index (χ0) is 15.9. The zero-order valence-electron chi connectivity index (χ0n) is 12.3. The third kappa shape index (κ3) is 2.40. The lowest BCUT2D eigenvalue weighted by molar-refractivity contribution is 0.129. The van der Waals surface area contributed by atoms with E-state index < -0.39 is 0 Å². The van der Waals surface area contributed by atoms with E-state index in [0.29, 0.717) is 13.1 Å². The SMILES string of the molecule is [C-]#[N+]C1(c2ccc(N3C[C@H](Cn4cnnn4)OC3=O)cc2)CC1. The molecule has 8 nitrogen and oxygen atoms in total. The van der Waals surface area contributed by atoms with Crippen molar-refractivity contribution in [1.29, 1.82) is 0 Å². The van der Waals surface area contributed by atoms with Gasteiger partial charge in [-0.1, -0.05) is 0 Å². The highest BCUT2D eigenvalue weighted by Gasteiger charge is 2.52. The first-order chi connectivity index (χ1) is 11.2. The van der Waals surface area contributed by atoms with Crippen LogP contribution in [0, 0.1) is 6.57 Å². The second kappa shape index (κ2) is 5.05. The Hall–Kier alpha value is -2.95. The van der Waals surface area contributed by atoms with Crippen molar-refractivity contribution in [2.24, 2.45) is 0 Å². The van der Waals surface area contributed by atoms with Gasteiger partial charge in [-0.3, -0.25) is 4.90 Å². The van der Waals surface area contributed by atoms with Gasteiger partial charge in [0.2, 0.25) is 0 Å². The number of amides is 1. The summed E-state index contributed by atoms with van der Waals surface area (Å²) in [5.74, 6) is 0. The molecule has 1 aromatic carbocycles. The Labute approximate surface area is 132 Å². The summed E-state index contributed by atoms with van der Waals surface area (Å²) in [6.45, 7) is 8.18. The molecule has 1 amide bonds. The molecule has 1 aromatic heterocycles. The molecule has 1 aliphatic carbocycles. The molecule has 116 valence electrons. The second-order valence-electron chi connectivity index (χ2n) is 5.84. The molecule has 1 atom stereocenters. The number of hydrogen-bond acceptors (Lipinski definition) is 5. The summed E-state index contributed by atoms with van der Waals surface area (Å²) in [6.07, 6.45) is 2.65. The van der Waals surface area contributed by atoms with Gasteiger partial charge in [-0.2, -0.15) is 0 Å². The molecule has 2 heterocycles. The van der Waals surface area contributed by atoms with Gasteiger partial charge in [0.05, 0.1) is 13.1 Å². The summed E-state index contributed by atoms with van der Waals surface area (Å²) in [5, 5.41) is 10.9. The van der Waals surface area contributed by atoms with Crippen LogP contribution in [-0.4, -0.2) is 38.9 Å². The van der Waals surface area contributed by atoms with E-state index in [1.807, 2.05) is 24.3 Å². The molecule has 4 rings (SSSR count). The maximum atomic E-state index is 12.1. The van der Waals surface area contributed by atoms with Crippen LogP contribution in [-0.2, 0) is 16.8 Å². The number of hydrogen-bond donors (Lipinski definition) is 0. The van der Waals surface area contributed by atoms with E-state index >= 15 is 0 Å². The number of nitrogens with zero attached hydrogens (tertiary/aromatic N) is 6. The van der Waals surface area contributed by atoms with Crippen LogP contribution in [0.25, 0.3) is 4.85 Å². The average Bonchev–Trinajstić information content (AvgIpc) is 3.05. The molecule has 0 N–H and O–H groups in total. The van der Waals surface area contributed by atoms with Crippen molar-refractivity contribution in [3.05, 3.63) is 47.6 Å². The summed E-state index contributed by atoms with van der Waals surface area (Å²) >= 11 is 0. The third-order valence-corrected chi connectivity index (χ3v) is 4.31. The Bertz CT molecular complexity index is 760. The third-order valence-electron chi connectivity index (χ3n) is 4.31. The fraction of sp³-hybridized carbons (Fsp3) is 0.400. The van der Waals surface area contributed by atoms with Crippen LogP contribution < -0.4 is 4.90 Å². The van der Waals surface area contributed by atoms with E-state index in [0.717, 1.165) is 24.1 Å². The number of anilines is 1. The van der Waals surface area contributed by atoms with Crippen molar-refractivity contribution in [3.63, 3.8) is 0 Å². The molecule has 2 aromatic rings. The number of ether oxygens (including phenoxy) is 1. The van der Waals surface area contributed by atoms with Crippen LogP contribution >= 0.6 is 0 Å². The topological polar surface area (TPSA) is 77.5 Å². The first kappa shape index (κ1) is 13.7. The molecule has 0 bridgehead atoms. The van der Waals surface area contributed by atoms with Gasteiger partial charge < -0.3 is 9.58 Å². The Kier molecular flexibility index (Phi) is 3.01. The number of carbonyl (C=O) groups excluding carboxylic acids is 1. The smallest absolute Gasteiger partial charge is 0.414 e. The molecule has 0 unspecified atom stereocenters. The number of carbonyl (C=O) groups is 1. The number of aromatic nitrogens is 4. The molecule has 8 heteroatoms. The predicted molar refractivity (Wildman–Crippen MR) is 79.4 cm³/mol. The van der Waals surface area contributed by atoms with Gasteiger partial charge in [0, 0.05) is 24.1 Å². The first-order valence-electron chi connectivity index (χ1n) is 7.38. The number of rotatable bonds is 4. The van der Waals surface area contributed by atoms with Gasteiger partial charge in [-0.15, -0.1) is 5.10 Å². The van der Waals surface area contributed by atoms with Gasteiger partial charge in [0.15, 0.2) is 0 Å². The monoisotopic (exact) mass is 310 g/mol. The van der Waals surface area contributed by atoms with Crippen molar-refractivity contribution in [2.45, 2.75) is 31.0 Å². The molecule has 2 aliphatic rings. The van der Waals surface area contributed by atoms with E-state index in [4.69, 9.17) is 11.3 Å². The molecule has 0 spiro atoms. The summed E-state index contributed by atoms with van der Waals surface area (Å²) in [7, 11) is 0. The number of benzene rings is 1. The van der Waals surface area contributed by atoms with Crippen LogP contribution in [0.1, 0.15) is 18.4 Å². The Morgan fingerprint density at radius 1 is 1.35 bits per heavy atom. The van der Waals surface area contributed by atoms with Crippen LogP contribution in [0.2, 0.25) is 0 Å². The van der Waals surface area contributed by atoms with Crippen molar-refractivity contribution in [2.75, 3.05) is 11.4 Å². The molecular weight excluding hydrogens is 296 g/mol. The molecule has 1 aliphatic heterocycles. The molecule has 23 heavy (non-hydrogen) atoms. The van der Waals surface area contributed by atoms with Crippen LogP contribution in [0.5, 0.6) is 0 Å². The standard InChI is InChI=1S/C15H14N6O2/c1-16-15(6-7-15)11-2-4-12(5-3-11)21-9-13(23-14(21)22)8-20-10-17-18-19-20/h2-5,10,13H,6-9H2/t13-/m0/s1. The van der Waals surface area contributed by atoms with E-state index in [1.165, 1.54) is 11.0 Å². The van der Waals surface area contributed by atoms with Crippen LogP contribution in [0.4, 0.5) is 10.5 Å². The minimum atomic E-state index is -0.373. The lowest BCUT2D eigenvalue weighted by atomic mass is 10.1.